The quantitative estimate of drug-likeness (QED) is 0.642. The Morgan fingerprint density at radius 3 is 1.79 bits per heavy atom. The normalized spacial score (nSPS) is 20.1. The highest BCUT2D eigenvalue weighted by atomic mass is 32.2. The highest BCUT2D eigenvalue weighted by Gasteiger charge is 2.67. The Bertz CT molecular complexity index is 624. The van der Waals surface area contributed by atoms with Gasteiger partial charge in [0.1, 0.15) is 0 Å². The zero-order valence-corrected chi connectivity index (χ0v) is 16.0. The first-order chi connectivity index (χ1) is 10.9. The number of piperidine rings is 1. The van der Waals surface area contributed by atoms with Gasteiger partial charge in [-0.3, -0.25) is 4.55 Å². The second-order valence-electron chi connectivity index (χ2n) is 6.20. The number of hydrogen-bond acceptors (Lipinski definition) is 4. The van der Waals surface area contributed by atoms with Crippen molar-refractivity contribution >= 4 is 20.1 Å². The lowest BCUT2D eigenvalue weighted by molar-refractivity contribution is -0.0537. The molecule has 0 radical (unpaired) electrons. The molecule has 1 aliphatic heterocycles. The molecule has 1 N–H and O–H groups in total. The monoisotopic (exact) mass is 391 g/mol. The summed E-state index contributed by atoms with van der Waals surface area (Å²) in [4.78, 5) is 0. The summed E-state index contributed by atoms with van der Waals surface area (Å²) in [5.41, 5.74) is 0. The van der Waals surface area contributed by atoms with Gasteiger partial charge in [0, 0.05) is 13.1 Å². The van der Waals surface area contributed by atoms with Crippen LogP contribution in [0.5, 0.6) is 0 Å². The van der Waals surface area contributed by atoms with Gasteiger partial charge in [0.15, 0.2) is 10.00 Å². The van der Waals surface area contributed by atoms with Gasteiger partial charge in [-0.1, -0.05) is 27.2 Å². The van der Waals surface area contributed by atoms with E-state index in [2.05, 4.69) is 0 Å². The van der Waals surface area contributed by atoms with Gasteiger partial charge in [-0.25, -0.2) is 21.5 Å². The van der Waals surface area contributed by atoms with Crippen molar-refractivity contribution < 1.29 is 30.2 Å². The summed E-state index contributed by atoms with van der Waals surface area (Å²) in [7, 11) is -9.55. The standard InChI is InChI=1S/C14H27F2NO5S2/c1-4-12(23(18,19)20)14(15,16)13(5-2,6-3)24(21,22)17-10-8-7-9-11-17/h12H,4-11H2,1-3H3,(H,18,19,20). The van der Waals surface area contributed by atoms with Crippen molar-refractivity contribution in [1.29, 1.82) is 0 Å². The molecule has 0 bridgehead atoms. The van der Waals surface area contributed by atoms with E-state index in [1.165, 1.54) is 20.8 Å². The molecular weight excluding hydrogens is 364 g/mol. The van der Waals surface area contributed by atoms with Crippen LogP contribution >= 0.6 is 0 Å². The summed E-state index contributed by atoms with van der Waals surface area (Å²) in [6.07, 6.45) is 0.537. The molecule has 6 nitrogen and oxygen atoms in total. The first-order valence-corrected chi connectivity index (χ1v) is 11.2. The molecule has 1 fully saturated rings. The lowest BCUT2D eigenvalue weighted by atomic mass is 9.91. The maximum atomic E-state index is 15.2. The smallest absolute Gasteiger partial charge is 0.285 e. The van der Waals surface area contributed by atoms with E-state index in [0.29, 0.717) is 12.8 Å². The number of hydrogen-bond donors (Lipinski definition) is 1. The van der Waals surface area contributed by atoms with Crippen LogP contribution in [-0.2, 0) is 20.1 Å². The molecule has 0 spiro atoms. The van der Waals surface area contributed by atoms with Gasteiger partial charge in [0.2, 0.25) is 10.0 Å². The maximum Gasteiger partial charge on any atom is 0.287 e. The molecule has 0 aromatic heterocycles. The van der Waals surface area contributed by atoms with E-state index in [1.54, 1.807) is 0 Å². The third-order valence-corrected chi connectivity index (χ3v) is 9.26. The van der Waals surface area contributed by atoms with Crippen LogP contribution in [0.3, 0.4) is 0 Å². The van der Waals surface area contributed by atoms with Gasteiger partial charge in [0.05, 0.1) is 0 Å². The summed E-state index contributed by atoms with van der Waals surface area (Å²) < 4.78 is 87.1. The number of rotatable bonds is 8. The molecule has 1 atom stereocenters. The Morgan fingerprint density at radius 1 is 1.00 bits per heavy atom. The average Bonchev–Trinajstić information content (AvgIpc) is 2.48. The van der Waals surface area contributed by atoms with E-state index in [-0.39, 0.29) is 13.1 Å². The van der Waals surface area contributed by atoms with Gasteiger partial charge >= 0.3 is 0 Å². The van der Waals surface area contributed by atoms with Crippen molar-refractivity contribution in [2.45, 2.75) is 75.2 Å². The fraction of sp³-hybridized carbons (Fsp3) is 1.00. The lowest BCUT2D eigenvalue weighted by Gasteiger charge is -2.44. The van der Waals surface area contributed by atoms with Crippen LogP contribution in [0.25, 0.3) is 0 Å². The van der Waals surface area contributed by atoms with Crippen LogP contribution in [0.4, 0.5) is 8.78 Å². The number of nitrogens with zero attached hydrogens (tertiary/aromatic N) is 1. The molecule has 0 aromatic rings. The second kappa shape index (κ2) is 7.51. The first kappa shape index (κ1) is 21.7. The largest absolute Gasteiger partial charge is 0.287 e. The minimum Gasteiger partial charge on any atom is -0.285 e. The van der Waals surface area contributed by atoms with Crippen molar-refractivity contribution in [1.82, 2.24) is 4.31 Å². The molecule has 1 rings (SSSR count). The molecule has 0 aliphatic carbocycles. The Kier molecular flexibility index (Phi) is 6.80. The fourth-order valence-electron chi connectivity index (χ4n) is 3.56. The average molecular weight is 392 g/mol. The lowest BCUT2D eigenvalue weighted by Crippen LogP contribution is -2.64. The number of alkyl halides is 2. The van der Waals surface area contributed by atoms with Gasteiger partial charge in [-0.15, -0.1) is 0 Å². The minimum absolute atomic E-state index is 0.156. The van der Waals surface area contributed by atoms with Crippen LogP contribution in [0.2, 0.25) is 0 Å². The van der Waals surface area contributed by atoms with Crippen molar-refractivity contribution in [3.8, 4) is 0 Å². The highest BCUT2D eigenvalue weighted by Crippen LogP contribution is 2.47. The van der Waals surface area contributed by atoms with Crippen molar-refractivity contribution in [3.05, 3.63) is 0 Å². The Morgan fingerprint density at radius 2 is 1.46 bits per heavy atom. The zero-order valence-electron chi connectivity index (χ0n) is 14.3. The molecule has 0 saturated carbocycles. The summed E-state index contributed by atoms with van der Waals surface area (Å²) in [6.45, 7) is 4.13. The van der Waals surface area contributed by atoms with E-state index in [1.807, 2.05) is 0 Å². The Balaban J connectivity index is 3.52. The van der Waals surface area contributed by atoms with E-state index >= 15 is 8.78 Å². The van der Waals surface area contributed by atoms with Crippen LogP contribution in [0, 0.1) is 0 Å². The molecule has 1 saturated heterocycles. The number of halogens is 2. The van der Waals surface area contributed by atoms with E-state index in [9.17, 15) is 21.4 Å². The SMILES string of the molecule is CCC(C(F)(F)C(CC)(CC)S(=O)(=O)N1CCCCC1)S(=O)(=O)O. The molecule has 144 valence electrons. The van der Waals surface area contributed by atoms with E-state index in [4.69, 9.17) is 0 Å². The van der Waals surface area contributed by atoms with Crippen LogP contribution in [0.15, 0.2) is 0 Å². The van der Waals surface area contributed by atoms with Gasteiger partial charge < -0.3 is 0 Å². The molecule has 1 aliphatic rings. The van der Waals surface area contributed by atoms with Crippen LogP contribution in [0.1, 0.15) is 59.3 Å². The van der Waals surface area contributed by atoms with E-state index in [0.717, 1.165) is 10.7 Å². The predicted octanol–water partition coefficient (Wildman–Crippen LogP) is 2.66. The molecule has 0 amide bonds. The molecule has 24 heavy (non-hydrogen) atoms. The first-order valence-electron chi connectivity index (χ1n) is 8.26. The molecule has 1 heterocycles. The van der Waals surface area contributed by atoms with Crippen LogP contribution in [-0.4, -0.2) is 54.7 Å². The molecular formula is C14H27F2NO5S2. The Labute approximate surface area is 143 Å². The fourth-order valence-corrected chi connectivity index (χ4v) is 7.10. The van der Waals surface area contributed by atoms with Gasteiger partial charge in [0.25, 0.3) is 16.0 Å². The highest BCUT2D eigenvalue weighted by molar-refractivity contribution is 7.90. The summed E-state index contributed by atoms with van der Waals surface area (Å²) in [6, 6.07) is 0. The molecule has 10 heteroatoms. The second-order valence-corrected chi connectivity index (χ2v) is 10.0. The van der Waals surface area contributed by atoms with Crippen molar-refractivity contribution in [2.75, 3.05) is 13.1 Å². The van der Waals surface area contributed by atoms with Crippen molar-refractivity contribution in [3.63, 3.8) is 0 Å². The Hall–Kier alpha value is -0.320. The molecule has 0 aromatic carbocycles. The third kappa shape index (κ3) is 3.47. The molecule has 1 unspecified atom stereocenters. The van der Waals surface area contributed by atoms with Gasteiger partial charge in [-0.05, 0) is 32.1 Å². The summed E-state index contributed by atoms with van der Waals surface area (Å²) >= 11 is 0. The van der Waals surface area contributed by atoms with Crippen LogP contribution < -0.4 is 0 Å². The van der Waals surface area contributed by atoms with Crippen molar-refractivity contribution in [2.24, 2.45) is 0 Å². The summed E-state index contributed by atoms with van der Waals surface area (Å²) in [5, 5.41) is -2.45. The topological polar surface area (TPSA) is 91.8 Å². The van der Waals surface area contributed by atoms with Gasteiger partial charge in [-0.2, -0.15) is 8.42 Å². The van der Waals surface area contributed by atoms with E-state index < -0.39 is 55.3 Å². The number of sulfonamides is 1. The zero-order chi connectivity index (χ0) is 18.8. The summed E-state index contributed by atoms with van der Waals surface area (Å²) in [5.74, 6) is -4.12. The minimum atomic E-state index is -5.10. The maximum absolute atomic E-state index is 15.2. The third-order valence-electron chi connectivity index (χ3n) is 5.03. The predicted molar refractivity (Wildman–Crippen MR) is 88.2 cm³/mol.